The van der Waals surface area contributed by atoms with Gasteiger partial charge in [0.1, 0.15) is 12.3 Å². The molecule has 74 valence electrons. The first-order chi connectivity index (χ1) is 6.25. The summed E-state index contributed by atoms with van der Waals surface area (Å²) in [4.78, 5) is 22.8. The van der Waals surface area contributed by atoms with Crippen LogP contribution in [-0.2, 0) is 14.3 Å². The second-order valence-electron chi connectivity index (χ2n) is 2.90. The topological polar surface area (TPSA) is 66.8 Å². The third-order valence-electron chi connectivity index (χ3n) is 2.09. The van der Waals surface area contributed by atoms with Crippen molar-refractivity contribution < 1.29 is 19.4 Å². The molecule has 1 heterocycles. The minimum Gasteiger partial charge on any atom is -0.480 e. The Morgan fingerprint density at radius 2 is 2.15 bits per heavy atom. The van der Waals surface area contributed by atoms with Crippen molar-refractivity contribution in [2.75, 3.05) is 26.3 Å². The Balaban J connectivity index is 2.51. The molecule has 1 aliphatic heterocycles. The number of carboxylic acid groups (broad SMARTS) is 1. The Morgan fingerprint density at radius 3 is 2.62 bits per heavy atom. The highest BCUT2D eigenvalue weighted by Crippen LogP contribution is 2.06. The van der Waals surface area contributed by atoms with Crippen molar-refractivity contribution in [3.63, 3.8) is 0 Å². The van der Waals surface area contributed by atoms with Gasteiger partial charge < -0.3 is 14.6 Å². The van der Waals surface area contributed by atoms with Gasteiger partial charge >= 0.3 is 5.97 Å². The van der Waals surface area contributed by atoms with Crippen molar-refractivity contribution in [2.24, 2.45) is 0 Å². The first-order valence-corrected chi connectivity index (χ1v) is 4.24. The predicted molar refractivity (Wildman–Crippen MR) is 44.5 cm³/mol. The molecule has 5 nitrogen and oxygen atoms in total. The number of rotatable bonds is 4. The van der Waals surface area contributed by atoms with Gasteiger partial charge in [-0.25, -0.2) is 0 Å². The lowest BCUT2D eigenvalue weighted by Gasteiger charge is -2.30. The third kappa shape index (κ3) is 2.78. The largest absolute Gasteiger partial charge is 0.480 e. The Kier molecular flexibility index (Phi) is 3.85. The van der Waals surface area contributed by atoms with E-state index in [4.69, 9.17) is 9.84 Å². The van der Waals surface area contributed by atoms with E-state index in [0.29, 0.717) is 32.6 Å². The highest BCUT2D eigenvalue weighted by Gasteiger charge is 2.26. The number of carboxylic acids is 1. The van der Waals surface area contributed by atoms with Crippen LogP contribution >= 0.6 is 0 Å². The average Bonchev–Trinajstić information content (AvgIpc) is 2.15. The zero-order valence-electron chi connectivity index (χ0n) is 7.31. The number of nitrogens with zero attached hydrogens (tertiary/aromatic N) is 1. The van der Waals surface area contributed by atoms with Gasteiger partial charge in [0.05, 0.1) is 13.2 Å². The summed E-state index contributed by atoms with van der Waals surface area (Å²) in [7, 11) is 0. The lowest BCUT2D eigenvalue weighted by atomic mass is 10.2. The van der Waals surface area contributed by atoms with E-state index in [1.54, 1.807) is 4.90 Å². The smallest absolute Gasteiger partial charge is 0.321 e. The molecule has 1 unspecified atom stereocenters. The third-order valence-corrected chi connectivity index (χ3v) is 2.09. The van der Waals surface area contributed by atoms with Crippen LogP contribution in [-0.4, -0.2) is 54.6 Å². The van der Waals surface area contributed by atoms with Crippen molar-refractivity contribution in [2.45, 2.75) is 12.5 Å². The maximum atomic E-state index is 10.7. The Labute approximate surface area is 76.3 Å². The van der Waals surface area contributed by atoms with E-state index >= 15 is 0 Å². The van der Waals surface area contributed by atoms with Gasteiger partial charge in [-0.1, -0.05) is 0 Å². The van der Waals surface area contributed by atoms with Crippen LogP contribution in [0.4, 0.5) is 0 Å². The fraction of sp³-hybridized carbons (Fsp3) is 0.750. The molecule has 5 heteroatoms. The molecule has 0 aromatic heterocycles. The van der Waals surface area contributed by atoms with E-state index in [2.05, 4.69) is 0 Å². The average molecular weight is 187 g/mol. The molecule has 1 saturated heterocycles. The molecular formula is C8H13NO4. The van der Waals surface area contributed by atoms with Gasteiger partial charge in [-0.3, -0.25) is 9.69 Å². The van der Waals surface area contributed by atoms with Crippen molar-refractivity contribution in [1.82, 2.24) is 4.90 Å². The van der Waals surface area contributed by atoms with Gasteiger partial charge in [-0.15, -0.1) is 0 Å². The van der Waals surface area contributed by atoms with Crippen LogP contribution in [0.1, 0.15) is 6.42 Å². The summed E-state index contributed by atoms with van der Waals surface area (Å²) in [5.41, 5.74) is 0. The Morgan fingerprint density at radius 1 is 1.54 bits per heavy atom. The number of aldehydes is 1. The van der Waals surface area contributed by atoms with Crippen LogP contribution in [0.2, 0.25) is 0 Å². The summed E-state index contributed by atoms with van der Waals surface area (Å²) in [6.45, 7) is 2.26. The van der Waals surface area contributed by atoms with E-state index in [1.165, 1.54) is 0 Å². The predicted octanol–water partition coefficient (Wildman–Crippen LogP) is -0.639. The molecule has 0 amide bonds. The fourth-order valence-electron chi connectivity index (χ4n) is 1.39. The number of hydrogen-bond donors (Lipinski definition) is 1. The number of carbonyl (C=O) groups is 2. The van der Waals surface area contributed by atoms with Crippen molar-refractivity contribution in [3.8, 4) is 0 Å². The summed E-state index contributed by atoms with van der Waals surface area (Å²) in [5.74, 6) is -0.936. The molecule has 0 aromatic rings. The minimum absolute atomic E-state index is 0.0509. The minimum atomic E-state index is -0.936. The van der Waals surface area contributed by atoms with Crippen LogP contribution in [0.15, 0.2) is 0 Å². The molecule has 0 saturated carbocycles. The van der Waals surface area contributed by atoms with E-state index < -0.39 is 12.0 Å². The molecule has 1 fully saturated rings. The van der Waals surface area contributed by atoms with Crippen LogP contribution in [0.25, 0.3) is 0 Å². The normalized spacial score (nSPS) is 20.9. The zero-order valence-corrected chi connectivity index (χ0v) is 7.31. The number of aliphatic carboxylic acids is 1. The second-order valence-corrected chi connectivity index (χ2v) is 2.90. The highest BCUT2D eigenvalue weighted by atomic mass is 16.5. The Hall–Kier alpha value is -0.940. The number of morpholine rings is 1. The summed E-state index contributed by atoms with van der Waals surface area (Å²) in [5, 5.41) is 8.82. The maximum absolute atomic E-state index is 10.7. The monoisotopic (exact) mass is 187 g/mol. The standard InChI is InChI=1S/C8H13NO4/c10-4-1-7(8(11)12)9-2-5-13-6-3-9/h4,7H,1-3,5-6H2,(H,11,12). The quantitative estimate of drug-likeness (QED) is 0.593. The SMILES string of the molecule is O=CCC(C(=O)O)N1CCOCC1. The van der Waals surface area contributed by atoms with Gasteiger partial charge in [0.15, 0.2) is 0 Å². The molecule has 0 radical (unpaired) electrons. The highest BCUT2D eigenvalue weighted by molar-refractivity contribution is 5.76. The van der Waals surface area contributed by atoms with Crippen LogP contribution < -0.4 is 0 Å². The molecule has 0 bridgehead atoms. The van der Waals surface area contributed by atoms with E-state index in [-0.39, 0.29) is 6.42 Å². The van der Waals surface area contributed by atoms with Gasteiger partial charge in [-0.05, 0) is 0 Å². The summed E-state index contributed by atoms with van der Waals surface area (Å²) >= 11 is 0. The first kappa shape index (κ1) is 10.1. The van der Waals surface area contributed by atoms with E-state index in [9.17, 15) is 9.59 Å². The van der Waals surface area contributed by atoms with Crippen LogP contribution in [0, 0.1) is 0 Å². The summed E-state index contributed by atoms with van der Waals surface area (Å²) < 4.78 is 5.08. The second kappa shape index (κ2) is 4.94. The molecule has 0 aromatic carbocycles. The number of hydrogen-bond acceptors (Lipinski definition) is 4. The van der Waals surface area contributed by atoms with Gasteiger partial charge in [-0.2, -0.15) is 0 Å². The van der Waals surface area contributed by atoms with Crippen molar-refractivity contribution in [3.05, 3.63) is 0 Å². The van der Waals surface area contributed by atoms with Gasteiger partial charge in [0.2, 0.25) is 0 Å². The molecule has 13 heavy (non-hydrogen) atoms. The molecule has 1 N–H and O–H groups in total. The molecule has 0 spiro atoms. The van der Waals surface area contributed by atoms with Crippen molar-refractivity contribution >= 4 is 12.3 Å². The summed E-state index contributed by atoms with van der Waals surface area (Å²) in [6, 6.07) is -0.679. The van der Waals surface area contributed by atoms with E-state index in [1.807, 2.05) is 0 Å². The Bertz CT molecular complexity index is 189. The first-order valence-electron chi connectivity index (χ1n) is 4.24. The molecule has 1 atom stereocenters. The number of carbonyl (C=O) groups excluding carboxylic acids is 1. The van der Waals surface area contributed by atoms with Crippen LogP contribution in [0.5, 0.6) is 0 Å². The fourth-order valence-corrected chi connectivity index (χ4v) is 1.39. The number of ether oxygens (including phenoxy) is 1. The molecule has 1 rings (SSSR count). The zero-order chi connectivity index (χ0) is 9.68. The van der Waals surface area contributed by atoms with Gasteiger partial charge in [0.25, 0.3) is 0 Å². The van der Waals surface area contributed by atoms with Crippen molar-refractivity contribution in [1.29, 1.82) is 0 Å². The summed E-state index contributed by atoms with van der Waals surface area (Å²) in [6.07, 6.45) is 0.698. The van der Waals surface area contributed by atoms with Crippen LogP contribution in [0.3, 0.4) is 0 Å². The molecule has 1 aliphatic rings. The van der Waals surface area contributed by atoms with Gasteiger partial charge in [0, 0.05) is 19.5 Å². The lowest BCUT2D eigenvalue weighted by molar-refractivity contribution is -0.146. The van der Waals surface area contributed by atoms with E-state index in [0.717, 1.165) is 0 Å². The maximum Gasteiger partial charge on any atom is 0.321 e. The molecule has 0 aliphatic carbocycles. The lowest BCUT2D eigenvalue weighted by Crippen LogP contribution is -2.47. The molecular weight excluding hydrogens is 174 g/mol.